The topological polar surface area (TPSA) is 151 Å². The van der Waals surface area contributed by atoms with Crippen molar-refractivity contribution in [3.63, 3.8) is 0 Å². The van der Waals surface area contributed by atoms with E-state index in [-0.39, 0.29) is 34.0 Å². The molecular formula is C26H32FN9O2. The fourth-order valence-electron chi connectivity index (χ4n) is 3.90. The number of rotatable bonds is 14. The lowest BCUT2D eigenvalue weighted by atomic mass is 10.0. The lowest BCUT2D eigenvalue weighted by molar-refractivity contribution is -0.115. The molecule has 2 aromatic rings. The van der Waals surface area contributed by atoms with E-state index in [9.17, 15) is 9.59 Å². The van der Waals surface area contributed by atoms with E-state index in [2.05, 4.69) is 42.6 Å². The third-order valence-electron chi connectivity index (χ3n) is 5.75. The summed E-state index contributed by atoms with van der Waals surface area (Å²) >= 11 is 0. The van der Waals surface area contributed by atoms with Gasteiger partial charge in [0, 0.05) is 52.2 Å². The molecule has 3 rings (SSSR count). The number of nitrogens with zero attached hydrogens (tertiary/aromatic N) is 4. The summed E-state index contributed by atoms with van der Waals surface area (Å²) in [6.45, 7) is 4.64. The molecule has 0 saturated heterocycles. The molecular weight excluding hydrogens is 489 g/mol. The third-order valence-corrected chi connectivity index (χ3v) is 5.75. The van der Waals surface area contributed by atoms with Gasteiger partial charge in [0.15, 0.2) is 5.82 Å². The summed E-state index contributed by atoms with van der Waals surface area (Å²) in [6, 6.07) is 3.32. The minimum atomic E-state index is -0.493. The highest BCUT2D eigenvalue weighted by molar-refractivity contribution is 6.33. The van der Waals surface area contributed by atoms with Crippen LogP contribution in [0.2, 0.25) is 0 Å². The number of hydrogen-bond donors (Lipinski definition) is 5. The molecule has 1 amide bonds. The SMILES string of the molecule is C=N/C=C\C=N/CCNC1=C(c2nc3ccc(N(C)CCCCC=O)c(F)c3[nH]2)C(=O)N/C(=C/NC)C1=N. The second-order valence-corrected chi connectivity index (χ2v) is 8.39. The standard InChI is InChI=1S/C26H32FN9O2/c1-29-10-7-11-31-12-13-32-24-20(26(38)34-18(16-30-2)22(24)28)25-33-17-8-9-19(21(27)23(17)35-25)36(3)14-5-4-6-15-37/h7-11,15-16,28,30,32H,1,4-6,12-14H2,2-3H3,(H,33,35)(H,34,38)/b10-7-,18-16+,28-22?,31-11-. The summed E-state index contributed by atoms with van der Waals surface area (Å²) in [4.78, 5) is 40.7. The molecule has 0 spiro atoms. The molecule has 0 aliphatic carbocycles. The number of nitrogens with one attached hydrogen (secondary N) is 5. The fourth-order valence-corrected chi connectivity index (χ4v) is 3.90. The van der Waals surface area contributed by atoms with Crippen LogP contribution in [-0.2, 0) is 9.59 Å². The van der Waals surface area contributed by atoms with E-state index < -0.39 is 11.7 Å². The zero-order chi connectivity index (χ0) is 27.5. The lowest BCUT2D eigenvalue weighted by Gasteiger charge is -2.23. The quantitative estimate of drug-likeness (QED) is 0.146. The second kappa shape index (κ2) is 13.6. The van der Waals surface area contributed by atoms with Crippen molar-refractivity contribution in [2.75, 3.05) is 38.6 Å². The van der Waals surface area contributed by atoms with Crippen LogP contribution in [0.1, 0.15) is 25.1 Å². The molecule has 11 nitrogen and oxygen atoms in total. The maximum atomic E-state index is 15.5. The molecule has 1 aliphatic rings. The second-order valence-electron chi connectivity index (χ2n) is 8.39. The minimum absolute atomic E-state index is 0.0466. The number of hydrogen-bond acceptors (Lipinski definition) is 9. The first-order valence-electron chi connectivity index (χ1n) is 12.1. The summed E-state index contributed by atoms with van der Waals surface area (Å²) in [6.07, 6.45) is 9.07. The molecule has 1 aromatic heterocycles. The maximum Gasteiger partial charge on any atom is 0.261 e. The minimum Gasteiger partial charge on any atom is -0.392 e. The normalized spacial score (nSPS) is 15.1. The first kappa shape index (κ1) is 28.0. The largest absolute Gasteiger partial charge is 0.392 e. The van der Waals surface area contributed by atoms with E-state index >= 15 is 4.39 Å². The van der Waals surface area contributed by atoms with Gasteiger partial charge in [-0.1, -0.05) is 0 Å². The third kappa shape index (κ3) is 6.58. The Balaban J connectivity index is 1.95. The van der Waals surface area contributed by atoms with Gasteiger partial charge in [0.1, 0.15) is 28.9 Å². The van der Waals surface area contributed by atoms with Crippen LogP contribution < -0.4 is 20.9 Å². The van der Waals surface area contributed by atoms with Crippen LogP contribution >= 0.6 is 0 Å². The highest BCUT2D eigenvalue weighted by Gasteiger charge is 2.31. The van der Waals surface area contributed by atoms with Crippen molar-refractivity contribution in [3.05, 3.63) is 53.6 Å². The summed E-state index contributed by atoms with van der Waals surface area (Å²) in [5, 5.41) is 17.3. The number of allylic oxidation sites excluding steroid dienone is 1. The molecule has 0 saturated carbocycles. The van der Waals surface area contributed by atoms with Gasteiger partial charge in [0.25, 0.3) is 5.91 Å². The molecule has 1 aliphatic heterocycles. The zero-order valence-corrected chi connectivity index (χ0v) is 21.5. The van der Waals surface area contributed by atoms with Crippen LogP contribution in [0.25, 0.3) is 16.6 Å². The van der Waals surface area contributed by atoms with Gasteiger partial charge in [-0.15, -0.1) is 0 Å². The van der Waals surface area contributed by atoms with E-state index in [0.717, 1.165) is 19.1 Å². The Hall–Kier alpha value is -4.61. The number of imidazole rings is 1. The van der Waals surface area contributed by atoms with Crippen LogP contribution in [-0.4, -0.2) is 74.5 Å². The summed E-state index contributed by atoms with van der Waals surface area (Å²) in [7, 11) is 3.45. The lowest BCUT2D eigenvalue weighted by Crippen LogP contribution is -2.40. The van der Waals surface area contributed by atoms with Gasteiger partial charge in [0.2, 0.25) is 0 Å². The molecule has 0 bridgehead atoms. The van der Waals surface area contributed by atoms with Gasteiger partial charge >= 0.3 is 0 Å². The van der Waals surface area contributed by atoms with Crippen molar-refractivity contribution in [1.29, 1.82) is 5.41 Å². The number of halogens is 1. The number of anilines is 1. The Kier molecular flexibility index (Phi) is 10.0. The van der Waals surface area contributed by atoms with Crippen LogP contribution in [0.5, 0.6) is 0 Å². The number of aliphatic imine (C=N–C) groups is 2. The van der Waals surface area contributed by atoms with Crippen molar-refractivity contribution in [3.8, 4) is 0 Å². The number of carbonyl (C=O) groups excluding carboxylic acids is 2. The molecule has 200 valence electrons. The molecule has 38 heavy (non-hydrogen) atoms. The molecule has 0 atom stereocenters. The smallest absolute Gasteiger partial charge is 0.261 e. The molecule has 1 aromatic carbocycles. The van der Waals surface area contributed by atoms with E-state index in [4.69, 9.17) is 5.41 Å². The predicted molar refractivity (Wildman–Crippen MR) is 149 cm³/mol. The zero-order valence-electron chi connectivity index (χ0n) is 21.5. The van der Waals surface area contributed by atoms with Crippen LogP contribution in [0.15, 0.2) is 52.0 Å². The molecule has 2 heterocycles. The van der Waals surface area contributed by atoms with E-state index in [1.54, 1.807) is 43.4 Å². The van der Waals surface area contributed by atoms with E-state index in [1.165, 1.54) is 12.4 Å². The van der Waals surface area contributed by atoms with Crippen LogP contribution in [0.3, 0.4) is 0 Å². The number of carbonyl (C=O) groups is 2. The summed E-state index contributed by atoms with van der Waals surface area (Å²) in [5.74, 6) is -0.838. The van der Waals surface area contributed by atoms with Crippen molar-refractivity contribution in [2.24, 2.45) is 9.98 Å². The van der Waals surface area contributed by atoms with E-state index in [0.29, 0.717) is 37.3 Å². The highest BCUT2D eigenvalue weighted by Crippen LogP contribution is 2.29. The average Bonchev–Trinajstić information content (AvgIpc) is 3.33. The monoisotopic (exact) mass is 521 g/mol. The predicted octanol–water partition coefficient (Wildman–Crippen LogP) is 2.30. The van der Waals surface area contributed by atoms with Crippen molar-refractivity contribution >= 4 is 53.1 Å². The van der Waals surface area contributed by atoms with Crippen LogP contribution in [0.4, 0.5) is 10.1 Å². The maximum absolute atomic E-state index is 15.5. The number of amides is 1. The van der Waals surface area contributed by atoms with Gasteiger partial charge in [0.05, 0.1) is 29.1 Å². The Morgan fingerprint density at radius 3 is 2.87 bits per heavy atom. The summed E-state index contributed by atoms with van der Waals surface area (Å²) < 4.78 is 15.5. The van der Waals surface area contributed by atoms with Crippen LogP contribution in [0, 0.1) is 11.2 Å². The summed E-state index contributed by atoms with van der Waals surface area (Å²) in [5.41, 5.74) is 1.57. The first-order valence-corrected chi connectivity index (χ1v) is 12.1. The van der Waals surface area contributed by atoms with E-state index in [1.807, 2.05) is 0 Å². The Morgan fingerprint density at radius 2 is 2.13 bits per heavy atom. The number of fused-ring (bicyclic) bond motifs is 1. The highest BCUT2D eigenvalue weighted by atomic mass is 19.1. The number of aromatic amines is 1. The Bertz CT molecular complexity index is 1320. The average molecular weight is 522 g/mol. The first-order chi connectivity index (χ1) is 18.4. The van der Waals surface area contributed by atoms with Gasteiger partial charge in [-0.2, -0.15) is 0 Å². The molecule has 0 unspecified atom stereocenters. The molecule has 0 radical (unpaired) electrons. The van der Waals surface area contributed by atoms with Gasteiger partial charge in [-0.25, -0.2) is 9.37 Å². The fraction of sp³-hybridized carbons (Fsp3) is 0.308. The molecule has 0 fully saturated rings. The number of H-pyrrole nitrogens is 1. The number of benzene rings is 1. The number of aldehydes is 1. The molecule has 5 N–H and O–H groups in total. The van der Waals surface area contributed by atoms with Crippen molar-refractivity contribution in [1.82, 2.24) is 25.9 Å². The van der Waals surface area contributed by atoms with Crippen molar-refractivity contribution in [2.45, 2.75) is 19.3 Å². The number of aromatic nitrogens is 2. The van der Waals surface area contributed by atoms with Crippen molar-refractivity contribution < 1.29 is 14.0 Å². The number of unbranched alkanes of at least 4 members (excludes halogenated alkanes) is 2. The molecule has 12 heteroatoms. The van der Waals surface area contributed by atoms with Gasteiger partial charge in [-0.05, 0) is 37.8 Å². The Morgan fingerprint density at radius 1 is 1.32 bits per heavy atom. The van der Waals surface area contributed by atoms with Gasteiger partial charge in [-0.3, -0.25) is 20.2 Å². The van der Waals surface area contributed by atoms with Gasteiger partial charge < -0.3 is 30.6 Å². The Labute approximate surface area is 220 Å².